The number of aryl methyl sites for hydroxylation is 2. The first-order valence-corrected chi connectivity index (χ1v) is 6.92. The monoisotopic (exact) mass is 284 g/mol. The maximum atomic E-state index is 8.96. The smallest absolute Gasteiger partial charge is 0.0992 e. The van der Waals surface area contributed by atoms with Crippen LogP contribution in [0.3, 0.4) is 0 Å². The number of halogens is 1. The van der Waals surface area contributed by atoms with E-state index in [0.29, 0.717) is 10.6 Å². The van der Waals surface area contributed by atoms with Crippen LogP contribution in [0.5, 0.6) is 0 Å². The summed E-state index contributed by atoms with van der Waals surface area (Å²) in [7, 11) is 0. The Kier molecular flexibility index (Phi) is 4.32. The fourth-order valence-corrected chi connectivity index (χ4v) is 2.45. The van der Waals surface area contributed by atoms with Crippen molar-refractivity contribution in [1.82, 2.24) is 0 Å². The summed E-state index contributed by atoms with van der Waals surface area (Å²) >= 11 is 6.18. The number of hydrogen-bond acceptors (Lipinski definition) is 2. The third kappa shape index (κ3) is 3.31. The first-order chi connectivity index (χ1) is 9.49. The van der Waals surface area contributed by atoms with E-state index in [0.717, 1.165) is 5.69 Å². The summed E-state index contributed by atoms with van der Waals surface area (Å²) in [6.45, 7) is 6.27. The van der Waals surface area contributed by atoms with Crippen molar-refractivity contribution in [2.45, 2.75) is 26.8 Å². The van der Waals surface area contributed by atoms with E-state index < -0.39 is 0 Å². The zero-order chi connectivity index (χ0) is 14.7. The zero-order valence-electron chi connectivity index (χ0n) is 11.9. The molecule has 1 N–H and O–H groups in total. The quantitative estimate of drug-likeness (QED) is 0.861. The van der Waals surface area contributed by atoms with E-state index in [1.165, 1.54) is 16.7 Å². The third-order valence-electron chi connectivity index (χ3n) is 3.21. The maximum Gasteiger partial charge on any atom is 0.0992 e. The summed E-state index contributed by atoms with van der Waals surface area (Å²) in [4.78, 5) is 0. The number of benzene rings is 2. The van der Waals surface area contributed by atoms with Crippen molar-refractivity contribution >= 4 is 17.3 Å². The lowest BCUT2D eigenvalue weighted by molar-refractivity contribution is 0.880. The summed E-state index contributed by atoms with van der Waals surface area (Å²) in [5.74, 6) is 0. The molecule has 0 saturated heterocycles. The lowest BCUT2D eigenvalue weighted by Crippen LogP contribution is -2.07. The average Bonchev–Trinajstić information content (AvgIpc) is 2.40. The number of rotatable bonds is 3. The summed E-state index contributed by atoms with van der Waals surface area (Å²) in [6.07, 6.45) is 0. The van der Waals surface area contributed by atoms with E-state index in [4.69, 9.17) is 16.9 Å². The Morgan fingerprint density at radius 2 is 1.75 bits per heavy atom. The van der Waals surface area contributed by atoms with Gasteiger partial charge in [0.1, 0.15) is 0 Å². The van der Waals surface area contributed by atoms with Crippen molar-refractivity contribution in [2.75, 3.05) is 5.32 Å². The molecule has 0 radical (unpaired) electrons. The molecule has 0 aliphatic heterocycles. The van der Waals surface area contributed by atoms with Gasteiger partial charge in [-0.3, -0.25) is 0 Å². The van der Waals surface area contributed by atoms with Gasteiger partial charge in [-0.25, -0.2) is 0 Å². The van der Waals surface area contributed by atoms with Crippen LogP contribution in [0.1, 0.15) is 35.2 Å². The Balaban J connectivity index is 2.27. The molecule has 1 atom stereocenters. The van der Waals surface area contributed by atoms with Gasteiger partial charge in [0, 0.05) is 6.04 Å². The minimum atomic E-state index is 0.125. The van der Waals surface area contributed by atoms with E-state index in [9.17, 15) is 0 Å². The van der Waals surface area contributed by atoms with E-state index in [1.807, 2.05) is 0 Å². The Morgan fingerprint density at radius 1 is 1.10 bits per heavy atom. The molecule has 2 rings (SSSR count). The van der Waals surface area contributed by atoms with Crippen LogP contribution < -0.4 is 5.32 Å². The fourth-order valence-electron chi connectivity index (χ4n) is 2.28. The van der Waals surface area contributed by atoms with Crippen LogP contribution in [0.25, 0.3) is 0 Å². The molecule has 0 spiro atoms. The summed E-state index contributed by atoms with van der Waals surface area (Å²) in [5, 5.41) is 13.0. The summed E-state index contributed by atoms with van der Waals surface area (Å²) in [6, 6.07) is 14.0. The van der Waals surface area contributed by atoms with Crippen LogP contribution in [0.4, 0.5) is 5.69 Å². The SMILES string of the molecule is Cc1cc(C)cc(C(C)Nc2cc(C#N)ccc2Cl)c1. The lowest BCUT2D eigenvalue weighted by Gasteiger charge is -2.18. The second kappa shape index (κ2) is 5.98. The molecular weight excluding hydrogens is 268 g/mol. The summed E-state index contributed by atoms with van der Waals surface area (Å²) < 4.78 is 0. The Bertz CT molecular complexity index is 651. The highest BCUT2D eigenvalue weighted by molar-refractivity contribution is 6.33. The molecule has 1 unspecified atom stereocenters. The van der Waals surface area contributed by atoms with Gasteiger partial charge in [-0.2, -0.15) is 5.26 Å². The topological polar surface area (TPSA) is 35.8 Å². The standard InChI is InChI=1S/C17H17ClN2/c1-11-6-12(2)8-15(7-11)13(3)20-17-9-14(10-19)4-5-16(17)18/h4-9,13,20H,1-3H3. The molecule has 2 aromatic rings. The van der Waals surface area contributed by atoms with Crippen LogP contribution in [-0.4, -0.2) is 0 Å². The molecule has 0 bridgehead atoms. The number of nitriles is 1. The Hall–Kier alpha value is -1.98. The highest BCUT2D eigenvalue weighted by Crippen LogP contribution is 2.27. The Morgan fingerprint density at radius 3 is 2.35 bits per heavy atom. The van der Waals surface area contributed by atoms with Crippen molar-refractivity contribution in [3.8, 4) is 6.07 Å². The van der Waals surface area contributed by atoms with Gasteiger partial charge < -0.3 is 5.32 Å². The second-order valence-corrected chi connectivity index (χ2v) is 5.50. The molecule has 2 nitrogen and oxygen atoms in total. The van der Waals surface area contributed by atoms with E-state index >= 15 is 0 Å². The van der Waals surface area contributed by atoms with Crippen LogP contribution in [0.2, 0.25) is 5.02 Å². The molecule has 0 aliphatic rings. The number of hydrogen-bond donors (Lipinski definition) is 1. The largest absolute Gasteiger partial charge is 0.377 e. The highest BCUT2D eigenvalue weighted by Gasteiger charge is 2.09. The summed E-state index contributed by atoms with van der Waals surface area (Å²) in [5.41, 5.74) is 5.08. The third-order valence-corrected chi connectivity index (χ3v) is 3.54. The Labute approximate surface area is 125 Å². The molecule has 0 fully saturated rings. The fraction of sp³-hybridized carbons (Fsp3) is 0.235. The van der Waals surface area contributed by atoms with E-state index in [1.54, 1.807) is 18.2 Å². The second-order valence-electron chi connectivity index (χ2n) is 5.09. The molecule has 0 saturated carbocycles. The van der Waals surface area contributed by atoms with Crippen LogP contribution in [0, 0.1) is 25.2 Å². The zero-order valence-corrected chi connectivity index (χ0v) is 12.6. The molecule has 102 valence electrons. The van der Waals surface area contributed by atoms with Gasteiger partial charge in [0.15, 0.2) is 0 Å². The van der Waals surface area contributed by atoms with Crippen molar-refractivity contribution in [3.63, 3.8) is 0 Å². The van der Waals surface area contributed by atoms with Gasteiger partial charge in [-0.15, -0.1) is 0 Å². The van der Waals surface area contributed by atoms with Gasteiger partial charge in [0.25, 0.3) is 0 Å². The minimum Gasteiger partial charge on any atom is -0.377 e. The molecule has 20 heavy (non-hydrogen) atoms. The van der Waals surface area contributed by atoms with Crippen LogP contribution in [-0.2, 0) is 0 Å². The van der Waals surface area contributed by atoms with Crippen molar-refractivity contribution in [2.24, 2.45) is 0 Å². The molecule has 0 aromatic heterocycles. The average molecular weight is 285 g/mol. The maximum absolute atomic E-state index is 8.96. The molecule has 2 aromatic carbocycles. The van der Waals surface area contributed by atoms with Crippen molar-refractivity contribution in [3.05, 3.63) is 63.7 Å². The predicted molar refractivity (Wildman–Crippen MR) is 84.1 cm³/mol. The van der Waals surface area contributed by atoms with E-state index in [-0.39, 0.29) is 6.04 Å². The first-order valence-electron chi connectivity index (χ1n) is 6.54. The molecule has 3 heteroatoms. The van der Waals surface area contributed by atoms with Gasteiger partial charge in [0.2, 0.25) is 0 Å². The number of nitrogens with one attached hydrogen (secondary N) is 1. The van der Waals surface area contributed by atoms with Crippen molar-refractivity contribution in [1.29, 1.82) is 5.26 Å². The van der Waals surface area contributed by atoms with Crippen LogP contribution in [0.15, 0.2) is 36.4 Å². The lowest BCUT2D eigenvalue weighted by atomic mass is 10.0. The molecule has 0 heterocycles. The van der Waals surface area contributed by atoms with Gasteiger partial charge in [-0.1, -0.05) is 40.9 Å². The highest BCUT2D eigenvalue weighted by atomic mass is 35.5. The minimum absolute atomic E-state index is 0.125. The molecule has 0 aliphatic carbocycles. The predicted octanol–water partition coefficient (Wildman–Crippen LogP) is 5.00. The number of nitrogens with zero attached hydrogens (tertiary/aromatic N) is 1. The normalized spacial score (nSPS) is 11.8. The first kappa shape index (κ1) is 14.4. The van der Waals surface area contributed by atoms with E-state index in [2.05, 4.69) is 50.4 Å². The van der Waals surface area contributed by atoms with Crippen molar-refractivity contribution < 1.29 is 0 Å². The van der Waals surface area contributed by atoms with Gasteiger partial charge in [0.05, 0.1) is 22.3 Å². The number of anilines is 1. The van der Waals surface area contributed by atoms with Gasteiger partial charge >= 0.3 is 0 Å². The molecular formula is C17H17ClN2. The van der Waals surface area contributed by atoms with Gasteiger partial charge in [-0.05, 0) is 44.5 Å². The van der Waals surface area contributed by atoms with Crippen LogP contribution >= 0.6 is 11.6 Å². The molecule has 0 amide bonds.